The molecule has 0 radical (unpaired) electrons. The maximum Gasteiger partial charge on any atom is 0.159 e. The SMILES string of the molecule is c1ccc(-n2c3cc(N(c4ccc5sc6ccccc6c5c4)c4cccc5c4oc4ccccc45)ccc3c3cc4ccccc4cc32)cc1. The topological polar surface area (TPSA) is 21.3 Å². The highest BCUT2D eigenvalue weighted by Crippen LogP contribution is 2.46. The van der Waals surface area contributed by atoms with Gasteiger partial charge in [-0.3, -0.25) is 0 Å². The van der Waals surface area contributed by atoms with E-state index >= 15 is 0 Å². The summed E-state index contributed by atoms with van der Waals surface area (Å²) < 4.78 is 11.7. The van der Waals surface area contributed by atoms with Crippen molar-refractivity contribution < 1.29 is 4.42 Å². The van der Waals surface area contributed by atoms with E-state index < -0.39 is 0 Å². The van der Waals surface area contributed by atoms with Crippen LogP contribution in [0.1, 0.15) is 0 Å². The van der Waals surface area contributed by atoms with Crippen LogP contribution >= 0.6 is 11.3 Å². The summed E-state index contributed by atoms with van der Waals surface area (Å²) in [5.41, 5.74) is 8.40. The maximum absolute atomic E-state index is 6.68. The van der Waals surface area contributed by atoms with Crippen LogP contribution < -0.4 is 4.90 Å². The zero-order chi connectivity index (χ0) is 32.8. The van der Waals surface area contributed by atoms with Gasteiger partial charge in [0.05, 0.1) is 16.7 Å². The van der Waals surface area contributed by atoms with Crippen molar-refractivity contribution in [1.29, 1.82) is 0 Å². The van der Waals surface area contributed by atoms with Gasteiger partial charge in [0.25, 0.3) is 0 Å². The van der Waals surface area contributed by atoms with E-state index in [2.05, 4.69) is 173 Å². The second-order valence-corrected chi connectivity index (χ2v) is 14.0. The molecule has 8 aromatic carbocycles. The van der Waals surface area contributed by atoms with Crippen LogP contribution in [0.15, 0.2) is 174 Å². The summed E-state index contributed by atoms with van der Waals surface area (Å²) in [6.07, 6.45) is 0. The Morgan fingerprint density at radius 3 is 2.02 bits per heavy atom. The fraction of sp³-hybridized carbons (Fsp3) is 0. The molecule has 0 unspecified atom stereocenters. The highest BCUT2D eigenvalue weighted by molar-refractivity contribution is 7.25. The van der Waals surface area contributed by atoms with E-state index in [1.54, 1.807) is 0 Å². The van der Waals surface area contributed by atoms with Gasteiger partial charge < -0.3 is 13.9 Å². The standard InChI is InChI=1S/C46H28N2OS/c1-2-13-31(14-3-1)48-41-26-30-12-5-4-11-29(30)25-38(41)34-23-21-33(28-42(34)48)47(32-22-24-45-39(27-32)36-16-7-9-20-44(36)50-45)40-18-10-17-37-35-15-6-8-19-43(35)49-46(37)40/h1-28H. The van der Waals surface area contributed by atoms with Gasteiger partial charge in [0.1, 0.15) is 5.58 Å². The molecule has 0 fully saturated rings. The first kappa shape index (κ1) is 27.6. The van der Waals surface area contributed by atoms with E-state index in [-0.39, 0.29) is 0 Å². The molecule has 3 aromatic heterocycles. The summed E-state index contributed by atoms with van der Waals surface area (Å²) in [6.45, 7) is 0. The van der Waals surface area contributed by atoms with Crippen LogP contribution in [-0.2, 0) is 0 Å². The summed E-state index contributed by atoms with van der Waals surface area (Å²) >= 11 is 1.84. The molecular formula is C46H28N2OS. The molecule has 3 nitrogen and oxygen atoms in total. The zero-order valence-electron chi connectivity index (χ0n) is 26.9. The summed E-state index contributed by atoms with van der Waals surface area (Å²) in [5, 5.41) is 9.71. The van der Waals surface area contributed by atoms with E-state index in [9.17, 15) is 0 Å². The first-order valence-electron chi connectivity index (χ1n) is 16.9. The molecule has 0 aliphatic heterocycles. The molecule has 0 amide bonds. The lowest BCUT2D eigenvalue weighted by atomic mass is 10.1. The number of para-hydroxylation sites is 3. The molecule has 0 aliphatic carbocycles. The number of hydrogen-bond donors (Lipinski definition) is 0. The van der Waals surface area contributed by atoms with Crippen molar-refractivity contribution in [3.8, 4) is 5.69 Å². The van der Waals surface area contributed by atoms with Gasteiger partial charge in [-0.1, -0.05) is 97.1 Å². The Morgan fingerprint density at radius 2 is 1.12 bits per heavy atom. The van der Waals surface area contributed by atoms with E-state index in [1.807, 2.05) is 17.4 Å². The first-order chi connectivity index (χ1) is 24.8. The van der Waals surface area contributed by atoms with Crippen LogP contribution in [0.5, 0.6) is 0 Å². The number of aromatic nitrogens is 1. The summed E-state index contributed by atoms with van der Waals surface area (Å²) in [5.74, 6) is 0. The third kappa shape index (κ3) is 4.03. The molecule has 0 atom stereocenters. The van der Waals surface area contributed by atoms with Crippen molar-refractivity contribution in [1.82, 2.24) is 4.57 Å². The fourth-order valence-corrected chi connectivity index (χ4v) is 8.96. The Hall–Kier alpha value is -6.36. The summed E-state index contributed by atoms with van der Waals surface area (Å²) in [6, 6.07) is 61.3. The Labute approximate surface area is 291 Å². The second-order valence-electron chi connectivity index (χ2n) is 13.0. The largest absolute Gasteiger partial charge is 0.454 e. The fourth-order valence-electron chi connectivity index (χ4n) is 7.87. The van der Waals surface area contributed by atoms with E-state index in [0.717, 1.165) is 50.2 Å². The lowest BCUT2D eigenvalue weighted by molar-refractivity contribution is 0.669. The average molecular weight is 657 g/mol. The molecule has 0 spiro atoms. The minimum atomic E-state index is 0.874. The van der Waals surface area contributed by atoms with Crippen LogP contribution in [0.2, 0.25) is 0 Å². The number of rotatable bonds is 4. The van der Waals surface area contributed by atoms with Crippen molar-refractivity contribution >= 4 is 103 Å². The Morgan fingerprint density at radius 1 is 0.440 bits per heavy atom. The smallest absolute Gasteiger partial charge is 0.159 e. The number of hydrogen-bond acceptors (Lipinski definition) is 3. The molecule has 234 valence electrons. The van der Waals surface area contributed by atoms with Crippen LogP contribution in [0.25, 0.3) is 80.4 Å². The van der Waals surface area contributed by atoms with Crippen molar-refractivity contribution in [3.05, 3.63) is 170 Å². The number of thiophene rings is 1. The molecule has 0 saturated carbocycles. The molecule has 0 saturated heterocycles. The number of nitrogens with zero attached hydrogens (tertiary/aromatic N) is 2. The molecule has 11 rings (SSSR count). The Kier molecular flexibility index (Phi) is 5.83. The van der Waals surface area contributed by atoms with Gasteiger partial charge in [-0.25, -0.2) is 0 Å². The molecule has 0 N–H and O–H groups in total. The minimum Gasteiger partial charge on any atom is -0.454 e. The van der Waals surface area contributed by atoms with Crippen molar-refractivity contribution in [2.75, 3.05) is 4.90 Å². The highest BCUT2D eigenvalue weighted by atomic mass is 32.1. The lowest BCUT2D eigenvalue weighted by Crippen LogP contribution is -2.10. The molecular weight excluding hydrogens is 629 g/mol. The van der Waals surface area contributed by atoms with Gasteiger partial charge in [0.15, 0.2) is 5.58 Å². The Bertz CT molecular complexity index is 3110. The van der Waals surface area contributed by atoms with Gasteiger partial charge >= 0.3 is 0 Å². The Balaban J connectivity index is 1.23. The third-order valence-electron chi connectivity index (χ3n) is 10.1. The van der Waals surface area contributed by atoms with Crippen LogP contribution in [-0.4, -0.2) is 4.57 Å². The predicted molar refractivity (Wildman–Crippen MR) is 213 cm³/mol. The number of furan rings is 1. The van der Waals surface area contributed by atoms with E-state index in [1.165, 1.54) is 47.2 Å². The van der Waals surface area contributed by atoms with Gasteiger partial charge in [-0.05, 0) is 83.6 Å². The molecule has 3 heterocycles. The number of fused-ring (bicyclic) bond motifs is 10. The van der Waals surface area contributed by atoms with Gasteiger partial charge in [0, 0.05) is 58.8 Å². The second kappa shape index (κ2) is 10.6. The van der Waals surface area contributed by atoms with Gasteiger partial charge in [-0.15, -0.1) is 11.3 Å². The summed E-state index contributed by atoms with van der Waals surface area (Å²) in [4.78, 5) is 2.37. The number of anilines is 3. The molecule has 50 heavy (non-hydrogen) atoms. The zero-order valence-corrected chi connectivity index (χ0v) is 27.7. The van der Waals surface area contributed by atoms with E-state index in [4.69, 9.17) is 4.42 Å². The van der Waals surface area contributed by atoms with Crippen molar-refractivity contribution in [2.24, 2.45) is 0 Å². The monoisotopic (exact) mass is 656 g/mol. The van der Waals surface area contributed by atoms with Crippen LogP contribution in [0.4, 0.5) is 17.1 Å². The van der Waals surface area contributed by atoms with Crippen molar-refractivity contribution in [3.63, 3.8) is 0 Å². The van der Waals surface area contributed by atoms with Crippen molar-refractivity contribution in [2.45, 2.75) is 0 Å². The first-order valence-corrected chi connectivity index (χ1v) is 17.7. The molecule has 0 bridgehead atoms. The highest BCUT2D eigenvalue weighted by Gasteiger charge is 2.22. The molecule has 0 aliphatic rings. The van der Waals surface area contributed by atoms with E-state index in [0.29, 0.717) is 0 Å². The minimum absolute atomic E-state index is 0.874. The molecule has 11 aromatic rings. The predicted octanol–water partition coefficient (Wildman–Crippen LogP) is 13.7. The van der Waals surface area contributed by atoms with Crippen LogP contribution in [0, 0.1) is 0 Å². The maximum atomic E-state index is 6.68. The lowest BCUT2D eigenvalue weighted by Gasteiger charge is -2.26. The van der Waals surface area contributed by atoms with Gasteiger partial charge in [-0.2, -0.15) is 0 Å². The van der Waals surface area contributed by atoms with Crippen LogP contribution in [0.3, 0.4) is 0 Å². The average Bonchev–Trinajstić information content (AvgIpc) is 3.84. The normalized spacial score (nSPS) is 12.0. The third-order valence-corrected chi connectivity index (χ3v) is 11.3. The van der Waals surface area contributed by atoms with Gasteiger partial charge in [0.2, 0.25) is 0 Å². The quantitative estimate of drug-likeness (QED) is 0.188. The number of benzene rings is 8. The molecule has 4 heteroatoms. The summed E-state index contributed by atoms with van der Waals surface area (Å²) in [7, 11) is 0.